The topological polar surface area (TPSA) is 101 Å². The second-order valence-corrected chi connectivity index (χ2v) is 5.86. The van der Waals surface area contributed by atoms with Crippen LogP contribution in [0.2, 0.25) is 0 Å². The monoisotopic (exact) mass is 363 g/mol. The zero-order valence-corrected chi connectivity index (χ0v) is 13.7. The van der Waals surface area contributed by atoms with Gasteiger partial charge in [0.2, 0.25) is 11.8 Å². The van der Waals surface area contributed by atoms with E-state index in [0.717, 1.165) is 11.8 Å². The van der Waals surface area contributed by atoms with Crippen LogP contribution in [0.15, 0.2) is 48.5 Å². The lowest BCUT2D eigenvalue weighted by molar-refractivity contribution is -0.384. The van der Waals surface area contributed by atoms with E-state index in [9.17, 15) is 24.1 Å². The number of nitrogens with one attached hydrogen (secondary N) is 2. The Hall–Kier alpha value is -2.94. The number of thioether (sulfide) groups is 1. The molecule has 7 nitrogen and oxygen atoms in total. The lowest BCUT2D eigenvalue weighted by Crippen LogP contribution is -2.18. The van der Waals surface area contributed by atoms with Crippen LogP contribution < -0.4 is 10.6 Å². The number of carbonyl (C=O) groups is 2. The number of carbonyl (C=O) groups excluding carboxylic acids is 2. The predicted octanol–water partition coefficient (Wildman–Crippen LogP) is 3.04. The third-order valence-electron chi connectivity index (χ3n) is 2.98. The zero-order chi connectivity index (χ0) is 18.2. The number of anilines is 2. The molecule has 0 radical (unpaired) electrons. The molecule has 0 saturated carbocycles. The fourth-order valence-electron chi connectivity index (χ4n) is 1.85. The number of amides is 2. The van der Waals surface area contributed by atoms with Gasteiger partial charge < -0.3 is 10.6 Å². The van der Waals surface area contributed by atoms with Crippen molar-refractivity contribution in [3.8, 4) is 0 Å². The summed E-state index contributed by atoms with van der Waals surface area (Å²) >= 11 is 1.07. The lowest BCUT2D eigenvalue weighted by Gasteiger charge is -2.07. The zero-order valence-electron chi connectivity index (χ0n) is 12.9. The van der Waals surface area contributed by atoms with Crippen LogP contribution in [0, 0.1) is 15.9 Å². The van der Waals surface area contributed by atoms with Crippen molar-refractivity contribution in [2.45, 2.75) is 0 Å². The molecule has 0 atom stereocenters. The van der Waals surface area contributed by atoms with E-state index in [4.69, 9.17) is 0 Å². The minimum Gasteiger partial charge on any atom is -0.325 e. The second kappa shape index (κ2) is 8.78. The number of para-hydroxylation sites is 1. The molecule has 9 heteroatoms. The standard InChI is InChI=1S/C16H14FN3O4S/c17-13-3-1-2-4-14(13)19-16(22)10-25-9-15(21)18-11-5-7-12(8-6-11)20(23)24/h1-8H,9-10H2,(H,18,21)(H,19,22). The summed E-state index contributed by atoms with van der Waals surface area (Å²) in [6.07, 6.45) is 0. The quantitative estimate of drug-likeness (QED) is 0.582. The van der Waals surface area contributed by atoms with Gasteiger partial charge in [0.25, 0.3) is 5.69 Å². The molecule has 0 aliphatic carbocycles. The maximum atomic E-state index is 13.4. The molecular weight excluding hydrogens is 349 g/mol. The van der Waals surface area contributed by atoms with Crippen molar-refractivity contribution in [3.63, 3.8) is 0 Å². The smallest absolute Gasteiger partial charge is 0.269 e. The number of rotatable bonds is 7. The van der Waals surface area contributed by atoms with Crippen molar-refractivity contribution < 1.29 is 18.9 Å². The van der Waals surface area contributed by atoms with E-state index in [0.29, 0.717) is 5.69 Å². The number of nitro groups is 1. The summed E-state index contributed by atoms with van der Waals surface area (Å²) in [6, 6.07) is 11.2. The van der Waals surface area contributed by atoms with Crippen molar-refractivity contribution in [3.05, 3.63) is 64.5 Å². The van der Waals surface area contributed by atoms with Crippen LogP contribution in [0.3, 0.4) is 0 Å². The predicted molar refractivity (Wildman–Crippen MR) is 94.1 cm³/mol. The number of nitro benzene ring substituents is 1. The van der Waals surface area contributed by atoms with Crippen LogP contribution in [0.25, 0.3) is 0 Å². The van der Waals surface area contributed by atoms with E-state index < -0.39 is 16.6 Å². The van der Waals surface area contributed by atoms with Gasteiger partial charge in [-0.25, -0.2) is 4.39 Å². The molecule has 25 heavy (non-hydrogen) atoms. The van der Waals surface area contributed by atoms with Crippen molar-refractivity contribution in [1.29, 1.82) is 0 Å². The van der Waals surface area contributed by atoms with Gasteiger partial charge in [-0.15, -0.1) is 11.8 Å². The molecule has 0 fully saturated rings. The van der Waals surface area contributed by atoms with Crippen LogP contribution in [0.1, 0.15) is 0 Å². The molecule has 0 unspecified atom stereocenters. The van der Waals surface area contributed by atoms with Crippen molar-refractivity contribution >= 4 is 40.6 Å². The Morgan fingerprint density at radius 1 is 1.00 bits per heavy atom. The Kier molecular flexibility index (Phi) is 6.47. The molecule has 2 amide bonds. The summed E-state index contributed by atoms with van der Waals surface area (Å²) in [5, 5.41) is 15.5. The highest BCUT2D eigenvalue weighted by molar-refractivity contribution is 8.00. The Labute approximate surface area is 146 Å². The Balaban J connectivity index is 1.74. The molecule has 130 valence electrons. The van der Waals surface area contributed by atoms with Crippen LogP contribution in [-0.4, -0.2) is 28.2 Å². The molecule has 2 N–H and O–H groups in total. The van der Waals surface area contributed by atoms with Gasteiger partial charge in [0.1, 0.15) is 5.82 Å². The van der Waals surface area contributed by atoms with E-state index >= 15 is 0 Å². The fraction of sp³-hybridized carbons (Fsp3) is 0.125. The first kappa shape index (κ1) is 18.4. The molecule has 0 saturated heterocycles. The summed E-state index contributed by atoms with van der Waals surface area (Å²) in [6.45, 7) is 0. The van der Waals surface area contributed by atoms with E-state index in [-0.39, 0.29) is 28.8 Å². The van der Waals surface area contributed by atoms with Crippen LogP contribution in [0.5, 0.6) is 0 Å². The van der Waals surface area contributed by atoms with Gasteiger partial charge in [-0.05, 0) is 24.3 Å². The van der Waals surface area contributed by atoms with Gasteiger partial charge in [0, 0.05) is 17.8 Å². The maximum absolute atomic E-state index is 13.4. The highest BCUT2D eigenvalue weighted by Crippen LogP contribution is 2.16. The number of non-ortho nitro benzene ring substituents is 1. The SMILES string of the molecule is O=C(CSCC(=O)Nc1ccccc1F)Nc1ccc([N+](=O)[O-])cc1. The molecule has 2 aromatic carbocycles. The van der Waals surface area contributed by atoms with Gasteiger partial charge in [0.15, 0.2) is 0 Å². The lowest BCUT2D eigenvalue weighted by atomic mass is 10.3. The molecule has 0 spiro atoms. The first-order valence-corrected chi connectivity index (χ1v) is 8.27. The van der Waals surface area contributed by atoms with Gasteiger partial charge in [-0.3, -0.25) is 19.7 Å². The van der Waals surface area contributed by atoms with Crippen LogP contribution >= 0.6 is 11.8 Å². The summed E-state index contributed by atoms with van der Waals surface area (Å²) < 4.78 is 13.4. The van der Waals surface area contributed by atoms with Crippen LogP contribution in [0.4, 0.5) is 21.5 Å². The van der Waals surface area contributed by atoms with Crippen molar-refractivity contribution in [2.24, 2.45) is 0 Å². The first-order chi connectivity index (χ1) is 12.0. The third-order valence-corrected chi connectivity index (χ3v) is 3.91. The number of hydrogen-bond donors (Lipinski definition) is 2. The molecule has 2 aromatic rings. The highest BCUT2D eigenvalue weighted by Gasteiger charge is 2.09. The molecule has 0 bridgehead atoms. The highest BCUT2D eigenvalue weighted by atomic mass is 32.2. The van der Waals surface area contributed by atoms with Gasteiger partial charge in [-0.1, -0.05) is 12.1 Å². The minimum atomic E-state index is -0.532. The van der Waals surface area contributed by atoms with Crippen molar-refractivity contribution in [1.82, 2.24) is 0 Å². The van der Waals surface area contributed by atoms with Crippen molar-refractivity contribution in [2.75, 3.05) is 22.1 Å². The molecule has 0 aromatic heterocycles. The van der Waals surface area contributed by atoms with E-state index in [1.807, 2.05) is 0 Å². The maximum Gasteiger partial charge on any atom is 0.269 e. The minimum absolute atomic E-state index is 0.0119. The Bertz CT molecular complexity index is 783. The molecule has 0 aliphatic rings. The number of benzene rings is 2. The Morgan fingerprint density at radius 3 is 2.20 bits per heavy atom. The molecule has 2 rings (SSSR count). The van der Waals surface area contributed by atoms with Crippen LogP contribution in [-0.2, 0) is 9.59 Å². The fourth-order valence-corrected chi connectivity index (χ4v) is 2.47. The third kappa shape index (κ3) is 5.88. The first-order valence-electron chi connectivity index (χ1n) is 7.12. The Morgan fingerprint density at radius 2 is 1.60 bits per heavy atom. The summed E-state index contributed by atoms with van der Waals surface area (Å²) in [4.78, 5) is 33.5. The number of halogens is 1. The average Bonchev–Trinajstić information content (AvgIpc) is 2.57. The molecular formula is C16H14FN3O4S. The van der Waals surface area contributed by atoms with E-state index in [1.54, 1.807) is 6.07 Å². The van der Waals surface area contributed by atoms with E-state index in [2.05, 4.69) is 10.6 Å². The normalized spacial score (nSPS) is 10.1. The van der Waals surface area contributed by atoms with Gasteiger partial charge in [0.05, 0.1) is 22.1 Å². The summed E-state index contributed by atoms with van der Waals surface area (Å²) in [5.41, 5.74) is 0.438. The number of hydrogen-bond acceptors (Lipinski definition) is 5. The molecule has 0 heterocycles. The summed E-state index contributed by atoms with van der Waals surface area (Å²) in [7, 11) is 0. The van der Waals surface area contributed by atoms with Gasteiger partial charge >= 0.3 is 0 Å². The molecule has 0 aliphatic heterocycles. The average molecular weight is 363 g/mol. The van der Waals surface area contributed by atoms with E-state index in [1.165, 1.54) is 42.5 Å². The summed E-state index contributed by atoms with van der Waals surface area (Å²) in [5.74, 6) is -1.29. The van der Waals surface area contributed by atoms with Gasteiger partial charge in [-0.2, -0.15) is 0 Å². The second-order valence-electron chi connectivity index (χ2n) is 4.87. The number of nitrogens with zero attached hydrogens (tertiary/aromatic N) is 1. The largest absolute Gasteiger partial charge is 0.325 e.